The van der Waals surface area contributed by atoms with E-state index in [1.807, 2.05) is 4.90 Å². The van der Waals surface area contributed by atoms with Crippen LogP contribution in [-0.2, 0) is 9.59 Å². The van der Waals surface area contributed by atoms with Gasteiger partial charge in [-0.3, -0.25) is 14.5 Å². The second kappa shape index (κ2) is 7.47. The van der Waals surface area contributed by atoms with Crippen molar-refractivity contribution >= 4 is 29.1 Å². The highest BCUT2D eigenvalue weighted by Crippen LogP contribution is 2.28. The molecule has 2 amide bonds. The number of likely N-dealkylation sites (tertiary alicyclic amines) is 1. The Kier molecular flexibility index (Phi) is 5.63. The molecule has 0 spiro atoms. The molecule has 0 aliphatic carbocycles. The van der Waals surface area contributed by atoms with E-state index < -0.39 is 0 Å². The van der Waals surface area contributed by atoms with Gasteiger partial charge >= 0.3 is 0 Å². The number of carbonyl (C=O) groups excluding carboxylic acids is 2. The number of carbonyl (C=O) groups is 2. The summed E-state index contributed by atoms with van der Waals surface area (Å²) < 4.78 is 5.08. The van der Waals surface area contributed by atoms with Gasteiger partial charge in [-0.1, -0.05) is 11.6 Å². The van der Waals surface area contributed by atoms with Crippen LogP contribution in [0, 0.1) is 5.92 Å². The van der Waals surface area contributed by atoms with Crippen molar-refractivity contribution in [1.29, 1.82) is 0 Å². The molecule has 2 rings (SSSR count). The lowest BCUT2D eigenvalue weighted by Gasteiger charge is -2.30. The molecular weight excluding hydrogens is 306 g/mol. The topological polar surface area (TPSA) is 84.7 Å². The van der Waals surface area contributed by atoms with Crippen molar-refractivity contribution in [3.05, 3.63) is 23.2 Å². The molecule has 0 saturated carbocycles. The van der Waals surface area contributed by atoms with Crippen LogP contribution in [0.15, 0.2) is 18.2 Å². The van der Waals surface area contributed by atoms with Gasteiger partial charge in [0, 0.05) is 11.6 Å². The van der Waals surface area contributed by atoms with Crippen LogP contribution in [0.4, 0.5) is 5.69 Å². The highest BCUT2D eigenvalue weighted by Gasteiger charge is 2.25. The zero-order valence-corrected chi connectivity index (χ0v) is 13.2. The summed E-state index contributed by atoms with van der Waals surface area (Å²) in [6.07, 6.45) is 1.42. The summed E-state index contributed by atoms with van der Waals surface area (Å²) in [4.78, 5) is 25.1. The molecule has 0 aromatic heterocycles. The number of nitrogens with zero attached hydrogens (tertiary/aromatic N) is 1. The molecule has 0 atom stereocenters. The highest BCUT2D eigenvalue weighted by atomic mass is 35.5. The van der Waals surface area contributed by atoms with Crippen LogP contribution in [0.2, 0.25) is 5.02 Å². The van der Waals surface area contributed by atoms with Crippen molar-refractivity contribution < 1.29 is 14.3 Å². The van der Waals surface area contributed by atoms with Gasteiger partial charge in [-0.2, -0.15) is 0 Å². The molecule has 3 N–H and O–H groups in total. The fourth-order valence-corrected chi connectivity index (χ4v) is 2.82. The standard InChI is InChI=1S/C15H20ClN3O3/c1-22-13-3-2-11(8-12(13)16)18-15(21)10-4-6-19(7-5-10)9-14(17)20/h2-3,8,10H,4-7,9H2,1H3,(H2,17,20)(H,18,21). The van der Waals surface area contributed by atoms with E-state index in [-0.39, 0.29) is 24.3 Å². The van der Waals surface area contributed by atoms with Gasteiger partial charge in [-0.05, 0) is 44.1 Å². The number of hydrogen-bond donors (Lipinski definition) is 2. The van der Waals surface area contributed by atoms with Crippen molar-refractivity contribution in [2.75, 3.05) is 32.1 Å². The van der Waals surface area contributed by atoms with Crippen LogP contribution in [-0.4, -0.2) is 43.5 Å². The monoisotopic (exact) mass is 325 g/mol. The van der Waals surface area contributed by atoms with Gasteiger partial charge in [0.25, 0.3) is 0 Å². The van der Waals surface area contributed by atoms with E-state index in [1.165, 1.54) is 0 Å². The molecule has 1 heterocycles. The minimum atomic E-state index is -0.337. The van der Waals surface area contributed by atoms with Crippen molar-refractivity contribution in [3.8, 4) is 5.75 Å². The number of nitrogens with two attached hydrogens (primary N) is 1. The maximum Gasteiger partial charge on any atom is 0.231 e. The Morgan fingerprint density at radius 2 is 2.09 bits per heavy atom. The lowest BCUT2D eigenvalue weighted by molar-refractivity contribution is -0.122. The lowest BCUT2D eigenvalue weighted by atomic mass is 9.96. The largest absolute Gasteiger partial charge is 0.495 e. The van der Waals surface area contributed by atoms with Gasteiger partial charge in [0.1, 0.15) is 5.75 Å². The predicted molar refractivity (Wildman–Crippen MR) is 85.0 cm³/mol. The number of methoxy groups -OCH3 is 1. The molecule has 6 nitrogen and oxygen atoms in total. The first kappa shape index (κ1) is 16.6. The Morgan fingerprint density at radius 1 is 1.41 bits per heavy atom. The number of amides is 2. The number of ether oxygens (including phenoxy) is 1. The normalized spacial score (nSPS) is 16.3. The van der Waals surface area contributed by atoms with Crippen molar-refractivity contribution in [2.45, 2.75) is 12.8 Å². The van der Waals surface area contributed by atoms with E-state index in [0.717, 1.165) is 0 Å². The van der Waals surface area contributed by atoms with Crippen molar-refractivity contribution in [2.24, 2.45) is 11.7 Å². The summed E-state index contributed by atoms with van der Waals surface area (Å²) in [5.74, 6) is 0.139. The molecule has 0 radical (unpaired) electrons. The van der Waals surface area contributed by atoms with E-state index in [1.54, 1.807) is 25.3 Å². The maximum atomic E-state index is 12.3. The first-order chi connectivity index (χ1) is 10.5. The second-order valence-electron chi connectivity index (χ2n) is 5.36. The average molecular weight is 326 g/mol. The zero-order valence-electron chi connectivity index (χ0n) is 12.5. The quantitative estimate of drug-likeness (QED) is 0.859. The van der Waals surface area contributed by atoms with E-state index in [9.17, 15) is 9.59 Å². The van der Waals surface area contributed by atoms with Gasteiger partial charge in [-0.15, -0.1) is 0 Å². The number of halogens is 1. The SMILES string of the molecule is COc1ccc(NC(=O)C2CCN(CC(N)=O)CC2)cc1Cl. The van der Waals surface area contributed by atoms with E-state index in [2.05, 4.69) is 5.32 Å². The third-order valence-electron chi connectivity index (χ3n) is 3.76. The predicted octanol–water partition coefficient (Wildman–Crippen LogP) is 1.48. The Morgan fingerprint density at radius 3 is 2.64 bits per heavy atom. The highest BCUT2D eigenvalue weighted by molar-refractivity contribution is 6.32. The van der Waals surface area contributed by atoms with Crippen LogP contribution >= 0.6 is 11.6 Å². The number of rotatable bonds is 5. The van der Waals surface area contributed by atoms with E-state index in [0.29, 0.717) is 42.4 Å². The van der Waals surface area contributed by atoms with Crippen LogP contribution in [0.25, 0.3) is 0 Å². The summed E-state index contributed by atoms with van der Waals surface area (Å²) in [6, 6.07) is 5.14. The Labute approximate surface area is 134 Å². The van der Waals surface area contributed by atoms with Gasteiger partial charge in [0.2, 0.25) is 11.8 Å². The van der Waals surface area contributed by atoms with Gasteiger partial charge < -0.3 is 15.8 Å². The van der Waals surface area contributed by atoms with Crippen molar-refractivity contribution in [3.63, 3.8) is 0 Å². The molecule has 1 fully saturated rings. The average Bonchev–Trinajstić information content (AvgIpc) is 2.47. The van der Waals surface area contributed by atoms with Gasteiger partial charge in [0.05, 0.1) is 18.7 Å². The molecule has 1 aliphatic heterocycles. The Hall–Kier alpha value is -1.79. The number of primary amides is 1. The summed E-state index contributed by atoms with van der Waals surface area (Å²) in [7, 11) is 1.54. The minimum Gasteiger partial charge on any atom is -0.495 e. The molecule has 22 heavy (non-hydrogen) atoms. The smallest absolute Gasteiger partial charge is 0.231 e. The van der Waals surface area contributed by atoms with Crippen molar-refractivity contribution in [1.82, 2.24) is 4.90 Å². The number of anilines is 1. The summed E-state index contributed by atoms with van der Waals surface area (Å²) in [6.45, 7) is 1.65. The summed E-state index contributed by atoms with van der Waals surface area (Å²) in [5.41, 5.74) is 5.82. The number of hydrogen-bond acceptors (Lipinski definition) is 4. The summed E-state index contributed by atoms with van der Waals surface area (Å²) in [5, 5.41) is 3.33. The number of benzene rings is 1. The second-order valence-corrected chi connectivity index (χ2v) is 5.76. The maximum absolute atomic E-state index is 12.3. The third-order valence-corrected chi connectivity index (χ3v) is 4.05. The molecule has 1 aromatic rings. The van der Waals surface area contributed by atoms with Gasteiger partial charge in [0.15, 0.2) is 0 Å². The van der Waals surface area contributed by atoms with Crippen LogP contribution < -0.4 is 15.8 Å². The minimum absolute atomic E-state index is 0.0278. The number of nitrogens with one attached hydrogen (secondary N) is 1. The molecule has 7 heteroatoms. The summed E-state index contributed by atoms with van der Waals surface area (Å²) >= 11 is 6.04. The Bertz CT molecular complexity index is 557. The van der Waals surface area contributed by atoms with E-state index >= 15 is 0 Å². The number of piperidine rings is 1. The molecule has 0 bridgehead atoms. The van der Waals surface area contributed by atoms with Crippen LogP contribution in [0.5, 0.6) is 5.75 Å². The molecule has 0 unspecified atom stereocenters. The van der Waals surface area contributed by atoms with E-state index in [4.69, 9.17) is 22.1 Å². The lowest BCUT2D eigenvalue weighted by Crippen LogP contribution is -2.42. The van der Waals surface area contributed by atoms with Crippen LogP contribution in [0.3, 0.4) is 0 Å². The van der Waals surface area contributed by atoms with Crippen LogP contribution in [0.1, 0.15) is 12.8 Å². The first-order valence-corrected chi connectivity index (χ1v) is 7.52. The third kappa shape index (κ3) is 4.35. The molecular formula is C15H20ClN3O3. The Balaban J connectivity index is 1.88. The zero-order chi connectivity index (χ0) is 16.1. The fraction of sp³-hybridized carbons (Fsp3) is 0.467. The molecule has 1 aromatic carbocycles. The molecule has 120 valence electrons. The fourth-order valence-electron chi connectivity index (χ4n) is 2.56. The van der Waals surface area contributed by atoms with Gasteiger partial charge in [-0.25, -0.2) is 0 Å². The molecule has 1 aliphatic rings. The first-order valence-electron chi connectivity index (χ1n) is 7.14. The molecule has 1 saturated heterocycles.